The fourth-order valence-electron chi connectivity index (χ4n) is 2.26. The van der Waals surface area contributed by atoms with E-state index < -0.39 is 0 Å². The fourth-order valence-corrected chi connectivity index (χ4v) is 3.27. The number of alkyl halides is 1. The van der Waals surface area contributed by atoms with Crippen molar-refractivity contribution in [1.82, 2.24) is 0 Å². The van der Waals surface area contributed by atoms with Crippen molar-refractivity contribution in [2.24, 2.45) is 5.92 Å². The number of hydrogen-bond acceptors (Lipinski definition) is 1. The van der Waals surface area contributed by atoms with E-state index in [4.69, 9.17) is 4.74 Å². The molecule has 0 spiro atoms. The Balaban J connectivity index is 2.52. The highest BCUT2D eigenvalue weighted by molar-refractivity contribution is 9.09. The average molecular weight is 313 g/mol. The first-order valence-electron chi connectivity index (χ1n) is 6.98. The molecule has 1 aromatic rings. The second-order valence-electron chi connectivity index (χ2n) is 4.88. The Labute approximate surface area is 120 Å². The van der Waals surface area contributed by atoms with Gasteiger partial charge in [-0.3, -0.25) is 0 Å². The van der Waals surface area contributed by atoms with Crippen molar-refractivity contribution in [2.45, 2.75) is 50.8 Å². The molecule has 0 bridgehead atoms. The van der Waals surface area contributed by atoms with Crippen LogP contribution in [-0.2, 0) is 6.42 Å². The van der Waals surface area contributed by atoms with E-state index in [2.05, 4.69) is 41.9 Å². The van der Waals surface area contributed by atoms with Gasteiger partial charge >= 0.3 is 0 Å². The van der Waals surface area contributed by atoms with Crippen molar-refractivity contribution >= 4 is 15.9 Å². The van der Waals surface area contributed by atoms with Crippen molar-refractivity contribution in [3.8, 4) is 5.75 Å². The van der Waals surface area contributed by atoms with Gasteiger partial charge in [0.15, 0.2) is 0 Å². The van der Waals surface area contributed by atoms with Crippen molar-refractivity contribution in [1.29, 1.82) is 0 Å². The molecule has 0 saturated heterocycles. The number of benzene rings is 1. The van der Waals surface area contributed by atoms with Crippen molar-refractivity contribution < 1.29 is 4.74 Å². The van der Waals surface area contributed by atoms with Crippen LogP contribution in [0, 0.1) is 5.92 Å². The van der Waals surface area contributed by atoms with Crippen LogP contribution in [-0.4, -0.2) is 11.9 Å². The second-order valence-corrected chi connectivity index (χ2v) is 6.05. The molecule has 2 unspecified atom stereocenters. The monoisotopic (exact) mass is 312 g/mol. The molecule has 1 nitrogen and oxygen atoms in total. The SMILES string of the molecule is CCCCC(CC)C(Br)Cc1ccc(OC)cc1. The molecule has 0 aliphatic rings. The summed E-state index contributed by atoms with van der Waals surface area (Å²) in [5, 5.41) is 0. The summed E-state index contributed by atoms with van der Waals surface area (Å²) in [6, 6.07) is 8.42. The summed E-state index contributed by atoms with van der Waals surface area (Å²) >= 11 is 3.88. The minimum Gasteiger partial charge on any atom is -0.497 e. The number of hydrogen-bond donors (Lipinski definition) is 0. The molecule has 0 aromatic heterocycles. The number of halogens is 1. The Morgan fingerprint density at radius 2 is 1.83 bits per heavy atom. The maximum atomic E-state index is 5.18. The molecule has 0 heterocycles. The zero-order valence-electron chi connectivity index (χ0n) is 11.8. The zero-order chi connectivity index (χ0) is 13.4. The zero-order valence-corrected chi connectivity index (χ0v) is 13.4. The predicted molar refractivity (Wildman–Crippen MR) is 82.7 cm³/mol. The van der Waals surface area contributed by atoms with Gasteiger partial charge in [0, 0.05) is 4.83 Å². The quantitative estimate of drug-likeness (QED) is 0.598. The van der Waals surface area contributed by atoms with Crippen LogP contribution in [0.25, 0.3) is 0 Å². The minimum absolute atomic E-state index is 0.586. The summed E-state index contributed by atoms with van der Waals surface area (Å²) in [4.78, 5) is 0.586. The molecule has 0 radical (unpaired) electrons. The maximum Gasteiger partial charge on any atom is 0.118 e. The van der Waals surface area contributed by atoms with Crippen LogP contribution in [0.4, 0.5) is 0 Å². The van der Waals surface area contributed by atoms with E-state index in [-0.39, 0.29) is 0 Å². The molecule has 2 heteroatoms. The molecule has 0 aliphatic heterocycles. The van der Waals surface area contributed by atoms with E-state index >= 15 is 0 Å². The number of ether oxygens (including phenoxy) is 1. The van der Waals surface area contributed by atoms with E-state index in [1.165, 1.54) is 31.2 Å². The molecule has 0 saturated carbocycles. The summed E-state index contributed by atoms with van der Waals surface area (Å²) in [5.74, 6) is 1.72. The Morgan fingerprint density at radius 1 is 1.17 bits per heavy atom. The standard InChI is InChI=1S/C16H25BrO/c1-4-6-7-14(5-2)16(17)12-13-8-10-15(18-3)11-9-13/h8-11,14,16H,4-7,12H2,1-3H3. The Kier molecular flexibility index (Phi) is 7.41. The van der Waals surface area contributed by atoms with Gasteiger partial charge in [0.25, 0.3) is 0 Å². The summed E-state index contributed by atoms with van der Waals surface area (Å²) in [5.41, 5.74) is 1.38. The molecular formula is C16H25BrO. The van der Waals surface area contributed by atoms with Crippen LogP contribution < -0.4 is 4.74 Å². The van der Waals surface area contributed by atoms with Gasteiger partial charge < -0.3 is 4.74 Å². The maximum absolute atomic E-state index is 5.18. The predicted octanol–water partition coefficient (Wildman–Crippen LogP) is 5.22. The third-order valence-electron chi connectivity index (χ3n) is 3.55. The Morgan fingerprint density at radius 3 is 2.33 bits per heavy atom. The first-order valence-corrected chi connectivity index (χ1v) is 7.89. The molecule has 2 atom stereocenters. The summed E-state index contributed by atoms with van der Waals surface area (Å²) in [6.45, 7) is 4.56. The van der Waals surface area contributed by atoms with Crippen LogP contribution in [0.5, 0.6) is 5.75 Å². The van der Waals surface area contributed by atoms with E-state index in [1.807, 2.05) is 12.1 Å². The normalized spacial score (nSPS) is 14.2. The van der Waals surface area contributed by atoms with E-state index in [0.717, 1.165) is 18.1 Å². The van der Waals surface area contributed by atoms with Gasteiger partial charge in [0.05, 0.1) is 7.11 Å². The van der Waals surface area contributed by atoms with Crippen molar-refractivity contribution in [3.63, 3.8) is 0 Å². The van der Waals surface area contributed by atoms with E-state index in [9.17, 15) is 0 Å². The van der Waals surface area contributed by atoms with Crippen LogP contribution in [0.15, 0.2) is 24.3 Å². The fraction of sp³-hybridized carbons (Fsp3) is 0.625. The number of rotatable bonds is 8. The lowest BCUT2D eigenvalue weighted by molar-refractivity contribution is 0.414. The Bertz CT molecular complexity index is 320. The highest BCUT2D eigenvalue weighted by Gasteiger charge is 2.16. The van der Waals surface area contributed by atoms with Gasteiger partial charge in [-0.2, -0.15) is 0 Å². The topological polar surface area (TPSA) is 9.23 Å². The number of unbranched alkanes of at least 4 members (excludes halogenated alkanes) is 1. The third kappa shape index (κ3) is 5.01. The molecule has 18 heavy (non-hydrogen) atoms. The Hall–Kier alpha value is -0.500. The first-order chi connectivity index (χ1) is 8.71. The highest BCUT2D eigenvalue weighted by atomic mass is 79.9. The summed E-state index contributed by atoms with van der Waals surface area (Å²) in [6.07, 6.45) is 6.32. The smallest absolute Gasteiger partial charge is 0.118 e. The molecule has 102 valence electrons. The number of methoxy groups -OCH3 is 1. The molecule has 0 aliphatic carbocycles. The van der Waals surface area contributed by atoms with Gasteiger partial charge in [-0.15, -0.1) is 0 Å². The molecule has 0 amide bonds. The van der Waals surface area contributed by atoms with Crippen molar-refractivity contribution in [2.75, 3.05) is 7.11 Å². The summed E-state index contributed by atoms with van der Waals surface area (Å²) < 4.78 is 5.18. The van der Waals surface area contributed by atoms with Crippen LogP contribution >= 0.6 is 15.9 Å². The molecule has 1 rings (SSSR count). The van der Waals surface area contributed by atoms with Crippen molar-refractivity contribution in [3.05, 3.63) is 29.8 Å². The lowest BCUT2D eigenvalue weighted by Gasteiger charge is -2.21. The molecule has 0 N–H and O–H groups in total. The van der Waals surface area contributed by atoms with Gasteiger partial charge in [0.2, 0.25) is 0 Å². The summed E-state index contributed by atoms with van der Waals surface area (Å²) in [7, 11) is 1.71. The van der Waals surface area contributed by atoms with Crippen LogP contribution in [0.1, 0.15) is 45.1 Å². The minimum atomic E-state index is 0.586. The molecule has 1 aromatic carbocycles. The average Bonchev–Trinajstić information content (AvgIpc) is 2.40. The van der Waals surface area contributed by atoms with Crippen LogP contribution in [0.3, 0.4) is 0 Å². The van der Waals surface area contributed by atoms with Gasteiger partial charge in [-0.1, -0.05) is 61.2 Å². The lowest BCUT2D eigenvalue weighted by Crippen LogP contribution is -2.16. The lowest BCUT2D eigenvalue weighted by atomic mass is 9.92. The largest absolute Gasteiger partial charge is 0.497 e. The van der Waals surface area contributed by atoms with E-state index in [1.54, 1.807) is 7.11 Å². The van der Waals surface area contributed by atoms with Gasteiger partial charge in [0.1, 0.15) is 5.75 Å². The van der Waals surface area contributed by atoms with E-state index in [0.29, 0.717) is 4.83 Å². The second kappa shape index (κ2) is 8.58. The van der Waals surface area contributed by atoms with Gasteiger partial charge in [-0.25, -0.2) is 0 Å². The highest BCUT2D eigenvalue weighted by Crippen LogP contribution is 2.26. The molecule has 0 fully saturated rings. The third-order valence-corrected chi connectivity index (χ3v) is 4.63. The van der Waals surface area contributed by atoms with Crippen LogP contribution in [0.2, 0.25) is 0 Å². The first kappa shape index (κ1) is 15.6. The molecular weight excluding hydrogens is 288 g/mol. The van der Waals surface area contributed by atoms with Gasteiger partial charge in [-0.05, 0) is 36.5 Å².